The fourth-order valence-corrected chi connectivity index (χ4v) is 9.17. The molecule has 358 valence electrons. The Balaban J connectivity index is 1.09. The fourth-order valence-electron chi connectivity index (χ4n) is 6.60. The number of aromatic nitrogens is 8. The number of imidazole rings is 2. The number of phosphoric acid groups is 4. The van der Waals surface area contributed by atoms with E-state index in [1.807, 2.05) is 0 Å². The van der Waals surface area contributed by atoms with Crippen molar-refractivity contribution in [1.82, 2.24) is 29.1 Å². The highest BCUT2D eigenvalue weighted by Gasteiger charge is 2.50. The van der Waals surface area contributed by atoms with Crippen molar-refractivity contribution in [2.75, 3.05) is 37.9 Å². The lowest BCUT2D eigenvalue weighted by Gasteiger charge is -2.33. The topological polar surface area (TPSA) is 511 Å². The molecule has 4 unspecified atom stereocenters. The van der Waals surface area contributed by atoms with Crippen LogP contribution in [-0.2, 0) is 69.0 Å². The first-order valence-corrected chi connectivity index (χ1v) is 23.8. The average molecular weight is 1000 g/mol. The highest BCUT2D eigenvalue weighted by atomic mass is 31.2. The number of phosphoric ester groups is 4. The van der Waals surface area contributed by atoms with E-state index in [0.717, 1.165) is 9.13 Å². The number of hydrogen-bond acceptors (Lipinski definition) is 24. The first-order chi connectivity index (χ1) is 29.5. The molecule has 0 spiro atoms. The zero-order valence-corrected chi connectivity index (χ0v) is 36.1. The monoisotopic (exact) mass is 1000 g/mol. The summed E-state index contributed by atoms with van der Waals surface area (Å²) >= 11 is 0. The molecule has 38 heteroatoms. The third-order valence-electron chi connectivity index (χ3n) is 9.36. The van der Waals surface area contributed by atoms with Gasteiger partial charge in [-0.25, -0.2) is 18.3 Å². The SMILES string of the molecule is Cn1c[n+]([C@@H]2O[C@H](COP(=O)(O)OC[C@H](OP(=O)([O-])O)[C@@H](COP(=O)(O)OC[C@H]3O[C@@H]([n+]4cn(C)c5c(=O)[nH]c(N)nc54)[C@H](O)[C@@H]3O)OP(=O)([O-])O)[C@@H](O)[C@H]2O)c2nc(N)[nH]c(=O)c21. The number of hydrogen-bond donors (Lipinski definition) is 12. The Morgan fingerprint density at radius 3 is 1.36 bits per heavy atom. The van der Waals surface area contributed by atoms with Crippen molar-refractivity contribution < 1.29 is 114 Å². The molecule has 6 heterocycles. The molecular weight excluding hydrogens is 960 g/mol. The number of aliphatic hydroxyl groups is 4. The van der Waals surface area contributed by atoms with Crippen LogP contribution >= 0.6 is 31.3 Å². The van der Waals surface area contributed by atoms with E-state index in [-0.39, 0.29) is 34.2 Å². The minimum absolute atomic E-state index is 0.0257. The molecule has 4 aromatic heterocycles. The lowest BCUT2D eigenvalue weighted by atomic mass is 10.1. The van der Waals surface area contributed by atoms with Gasteiger partial charge in [-0.2, -0.15) is 0 Å². The second-order valence-electron chi connectivity index (χ2n) is 14.0. The van der Waals surface area contributed by atoms with Gasteiger partial charge < -0.3 is 79.8 Å². The number of rotatable bonds is 19. The van der Waals surface area contributed by atoms with Gasteiger partial charge in [0.15, 0.2) is 12.7 Å². The summed E-state index contributed by atoms with van der Waals surface area (Å²) in [6.07, 6.45) is -16.3. The Labute approximate surface area is 354 Å². The Morgan fingerprint density at radius 2 is 1.03 bits per heavy atom. The number of ether oxygens (including phenoxy) is 2. The van der Waals surface area contributed by atoms with E-state index in [9.17, 15) is 77.6 Å². The minimum Gasteiger partial charge on any atom is -0.756 e. The molecule has 0 amide bonds. The molecule has 2 fully saturated rings. The second kappa shape index (κ2) is 18.6. The van der Waals surface area contributed by atoms with E-state index >= 15 is 0 Å². The van der Waals surface area contributed by atoms with E-state index in [0.29, 0.717) is 0 Å². The first-order valence-electron chi connectivity index (χ1n) is 17.8. The number of nitrogens with one attached hydrogen (secondary N) is 2. The summed E-state index contributed by atoms with van der Waals surface area (Å²) in [5.74, 6) is -0.629. The van der Waals surface area contributed by atoms with Gasteiger partial charge in [0, 0.05) is 0 Å². The largest absolute Gasteiger partial charge is 0.756 e. The minimum atomic E-state index is -6.02. The first kappa shape index (κ1) is 49.9. The van der Waals surface area contributed by atoms with Crippen LogP contribution in [0, 0.1) is 0 Å². The van der Waals surface area contributed by atoms with Gasteiger partial charge in [-0.05, 0) is 0 Å². The molecule has 0 bridgehead atoms. The van der Waals surface area contributed by atoms with Crippen molar-refractivity contribution in [3.63, 3.8) is 0 Å². The molecule has 34 nitrogen and oxygen atoms in total. The van der Waals surface area contributed by atoms with Gasteiger partial charge in [-0.15, -0.1) is 0 Å². The Kier molecular flexibility index (Phi) is 14.5. The predicted octanol–water partition coefficient (Wildman–Crippen LogP) is -7.53. The van der Waals surface area contributed by atoms with Crippen molar-refractivity contribution in [3.8, 4) is 0 Å². The molecule has 14 N–H and O–H groups in total. The molecule has 64 heavy (non-hydrogen) atoms. The zero-order valence-electron chi connectivity index (χ0n) is 32.5. The lowest BCUT2D eigenvalue weighted by Crippen LogP contribution is -2.46. The van der Waals surface area contributed by atoms with Gasteiger partial charge in [0.1, 0.15) is 48.8 Å². The van der Waals surface area contributed by atoms with Gasteiger partial charge in [-0.3, -0.25) is 55.9 Å². The second-order valence-corrected chi connectivity index (χ2v) is 19.2. The zero-order chi connectivity index (χ0) is 47.4. The molecule has 0 radical (unpaired) electrons. The van der Waals surface area contributed by atoms with E-state index < -0.39 is 130 Å². The predicted molar refractivity (Wildman–Crippen MR) is 197 cm³/mol. The number of nitrogen functional groups attached to an aromatic ring is 2. The lowest BCUT2D eigenvalue weighted by molar-refractivity contribution is -0.746. The van der Waals surface area contributed by atoms with Crippen LogP contribution in [0.15, 0.2) is 22.2 Å². The molecule has 0 aliphatic carbocycles. The van der Waals surface area contributed by atoms with Gasteiger partial charge >= 0.3 is 26.9 Å². The molecular formula is C26H40N10O24P4. The third kappa shape index (κ3) is 11.4. The Bertz CT molecular complexity index is 2500. The summed E-state index contributed by atoms with van der Waals surface area (Å²) in [6, 6.07) is 0. The Morgan fingerprint density at radius 1 is 0.688 bits per heavy atom. The molecule has 2 saturated heterocycles. The number of aromatic amines is 2. The number of anilines is 2. The Hall–Kier alpha value is -3.50. The number of nitrogens with zero attached hydrogens (tertiary/aromatic N) is 6. The maximum absolute atomic E-state index is 12.9. The highest BCUT2D eigenvalue weighted by Crippen LogP contribution is 2.48. The van der Waals surface area contributed by atoms with Crippen molar-refractivity contribution in [2.45, 2.75) is 61.3 Å². The van der Waals surface area contributed by atoms with E-state index in [2.05, 4.69) is 38.0 Å². The quantitative estimate of drug-likeness (QED) is 0.0307. The highest BCUT2D eigenvalue weighted by molar-refractivity contribution is 7.47. The number of H-pyrrole nitrogens is 2. The third-order valence-corrected chi connectivity index (χ3v) is 12.3. The van der Waals surface area contributed by atoms with Gasteiger partial charge in [0.2, 0.25) is 23.5 Å². The smallest absolute Gasteiger partial charge is 0.472 e. The van der Waals surface area contributed by atoms with Crippen LogP contribution in [0.2, 0.25) is 0 Å². The van der Waals surface area contributed by atoms with E-state index in [1.165, 1.54) is 35.9 Å². The molecule has 0 saturated carbocycles. The van der Waals surface area contributed by atoms with Gasteiger partial charge in [0.05, 0.1) is 40.5 Å². The molecule has 4 aromatic rings. The van der Waals surface area contributed by atoms with Gasteiger partial charge in [0.25, 0.3) is 38.7 Å². The maximum atomic E-state index is 12.9. The molecule has 14 atom stereocenters. The van der Waals surface area contributed by atoms with Crippen molar-refractivity contribution in [2.24, 2.45) is 14.1 Å². The van der Waals surface area contributed by atoms with E-state index in [1.54, 1.807) is 0 Å². The van der Waals surface area contributed by atoms with Crippen LogP contribution in [0.5, 0.6) is 0 Å². The van der Waals surface area contributed by atoms with Crippen LogP contribution in [0.4, 0.5) is 11.9 Å². The summed E-state index contributed by atoms with van der Waals surface area (Å²) < 4.78 is 92.7. The number of nitrogens with two attached hydrogens (primary N) is 2. The average Bonchev–Trinajstić information content (AvgIpc) is 3.85. The summed E-state index contributed by atoms with van der Waals surface area (Å²) in [6.45, 7) is -5.40. The summed E-state index contributed by atoms with van der Waals surface area (Å²) in [7, 11) is -20.2. The summed E-state index contributed by atoms with van der Waals surface area (Å²) in [5, 5.41) is 42.7. The van der Waals surface area contributed by atoms with Crippen LogP contribution in [0.25, 0.3) is 22.3 Å². The van der Waals surface area contributed by atoms with Crippen molar-refractivity contribution in [3.05, 3.63) is 33.4 Å². The van der Waals surface area contributed by atoms with Crippen LogP contribution < -0.4 is 41.5 Å². The number of aryl methyl sites for hydroxylation is 2. The van der Waals surface area contributed by atoms with Crippen molar-refractivity contribution >= 4 is 65.5 Å². The van der Waals surface area contributed by atoms with Gasteiger partial charge in [-0.1, -0.05) is 9.97 Å². The molecule has 0 aromatic carbocycles. The standard InChI is InChI=1S/C26H40N10O24P4/c1-33-7-35(19-13(33)21(41)31-25(27)29-19)23-17(39)15(37)11(57-23)5-55-63(49,50)53-3-9(59-61(43,44)45)10(60-62(46,47)48)4-54-64(51,52)56-6-12-16(38)18(40)24(58-12)36-8-34(2)14-20(36)30-26(28)32-22(14)42/h7-12,15-18,23-24,37-40H,3-6H2,1-2H3,(H10-2,27,28,29,30,31,32,41,42,43,44,45,46,47,48,49,50,51,52)/t9-,10+,11-,12-,15-,16-,17-,18-,23-,24-/m1/s1. The van der Waals surface area contributed by atoms with Crippen LogP contribution in [-0.4, -0.2) is 144 Å². The summed E-state index contributed by atoms with van der Waals surface area (Å²) in [5.41, 5.74) is 9.66. The number of aliphatic hydroxyl groups excluding tert-OH is 4. The fraction of sp³-hybridized carbons (Fsp3) is 0.615. The molecule has 2 aliphatic heterocycles. The maximum Gasteiger partial charge on any atom is 0.472 e. The number of fused-ring (bicyclic) bond motifs is 2. The summed E-state index contributed by atoms with van der Waals surface area (Å²) in [4.78, 5) is 100. The van der Waals surface area contributed by atoms with Crippen molar-refractivity contribution in [1.29, 1.82) is 0 Å². The van der Waals surface area contributed by atoms with Crippen LogP contribution in [0.1, 0.15) is 12.5 Å². The van der Waals surface area contributed by atoms with E-state index in [4.69, 9.17) is 30.0 Å². The molecule has 6 rings (SSSR count). The molecule has 2 aliphatic rings. The van der Waals surface area contributed by atoms with Crippen LogP contribution in [0.3, 0.4) is 0 Å². The normalized spacial score (nSPS) is 28.8.